The molecular formula is C12H21ClN4O2S. The fourth-order valence-electron chi connectivity index (χ4n) is 2.47. The molecule has 1 N–H and O–H groups in total. The zero-order valence-corrected chi connectivity index (χ0v) is 13.4. The predicted molar refractivity (Wildman–Crippen MR) is 78.2 cm³/mol. The van der Waals surface area contributed by atoms with Gasteiger partial charge in [0.15, 0.2) is 0 Å². The number of rotatable bonds is 5. The van der Waals surface area contributed by atoms with E-state index in [1.54, 1.807) is 7.05 Å². The van der Waals surface area contributed by atoms with E-state index in [-0.39, 0.29) is 10.2 Å². The van der Waals surface area contributed by atoms with Gasteiger partial charge < -0.3 is 9.47 Å². The lowest BCUT2D eigenvalue weighted by molar-refractivity contribution is 0.187. The second-order valence-corrected chi connectivity index (χ2v) is 7.44. The third kappa shape index (κ3) is 3.72. The molecule has 0 bridgehead atoms. The Morgan fingerprint density at radius 3 is 2.90 bits per heavy atom. The van der Waals surface area contributed by atoms with Crippen molar-refractivity contribution in [2.75, 3.05) is 26.2 Å². The van der Waals surface area contributed by atoms with Crippen molar-refractivity contribution >= 4 is 21.6 Å². The van der Waals surface area contributed by atoms with Crippen LogP contribution in [0, 0.1) is 5.92 Å². The monoisotopic (exact) mass is 320 g/mol. The predicted octanol–water partition coefficient (Wildman–Crippen LogP) is 1.08. The summed E-state index contributed by atoms with van der Waals surface area (Å²) in [5, 5.41) is 0.0257. The van der Waals surface area contributed by atoms with Crippen molar-refractivity contribution in [3.05, 3.63) is 11.5 Å². The van der Waals surface area contributed by atoms with Crippen LogP contribution in [-0.2, 0) is 17.1 Å². The van der Waals surface area contributed by atoms with Crippen molar-refractivity contribution in [1.82, 2.24) is 19.2 Å². The molecule has 114 valence electrons. The maximum Gasteiger partial charge on any atom is 0.261 e. The molecule has 0 spiro atoms. The van der Waals surface area contributed by atoms with Gasteiger partial charge in [0.1, 0.15) is 5.15 Å². The summed E-state index contributed by atoms with van der Waals surface area (Å²) in [6, 6.07) is 0. The van der Waals surface area contributed by atoms with E-state index in [9.17, 15) is 8.42 Å². The van der Waals surface area contributed by atoms with Crippen LogP contribution in [0.25, 0.3) is 0 Å². The number of imidazole rings is 1. The maximum atomic E-state index is 12.1. The fourth-order valence-corrected chi connectivity index (χ4v) is 3.92. The Morgan fingerprint density at radius 1 is 1.55 bits per heavy atom. The molecule has 2 heterocycles. The molecule has 6 nitrogen and oxygen atoms in total. The summed E-state index contributed by atoms with van der Waals surface area (Å²) < 4.78 is 28.2. The molecule has 2 rings (SSSR count). The van der Waals surface area contributed by atoms with Gasteiger partial charge in [0.25, 0.3) is 10.0 Å². The molecule has 20 heavy (non-hydrogen) atoms. The standard InChI is InChI=1S/C12H21ClN4O2S/c1-10-4-3-6-17(8-10)7-5-15-20(18,19)12-11(13)16(2)9-14-12/h9-10,15H,3-8H2,1-2H3/t10-/m0/s1. The molecule has 0 saturated carbocycles. The van der Waals surface area contributed by atoms with Gasteiger partial charge in [-0.2, -0.15) is 0 Å². The Bertz CT molecular complexity index is 558. The van der Waals surface area contributed by atoms with Crippen LogP contribution in [0.4, 0.5) is 0 Å². The second kappa shape index (κ2) is 6.43. The van der Waals surface area contributed by atoms with E-state index in [1.807, 2.05) is 0 Å². The van der Waals surface area contributed by atoms with E-state index in [0.717, 1.165) is 13.1 Å². The molecule has 1 aromatic heterocycles. The quantitative estimate of drug-likeness (QED) is 0.881. The molecule has 1 aliphatic rings. The van der Waals surface area contributed by atoms with Crippen LogP contribution in [0.5, 0.6) is 0 Å². The summed E-state index contributed by atoms with van der Waals surface area (Å²) in [4.78, 5) is 6.12. The van der Waals surface area contributed by atoms with Crippen molar-refractivity contribution in [3.8, 4) is 0 Å². The number of likely N-dealkylation sites (tertiary alicyclic amines) is 1. The average molecular weight is 321 g/mol. The molecule has 1 fully saturated rings. The van der Waals surface area contributed by atoms with Gasteiger partial charge in [0, 0.05) is 26.7 Å². The molecule has 1 aliphatic heterocycles. The maximum absolute atomic E-state index is 12.1. The average Bonchev–Trinajstić information content (AvgIpc) is 2.70. The van der Waals surface area contributed by atoms with Gasteiger partial charge in [-0.05, 0) is 25.3 Å². The van der Waals surface area contributed by atoms with Crippen LogP contribution in [-0.4, -0.2) is 49.0 Å². The molecule has 8 heteroatoms. The Balaban J connectivity index is 1.88. The zero-order chi connectivity index (χ0) is 14.8. The number of sulfonamides is 1. The van der Waals surface area contributed by atoms with Crippen LogP contribution in [0.15, 0.2) is 11.4 Å². The summed E-state index contributed by atoms with van der Waals surface area (Å²) in [5.41, 5.74) is 0. The highest BCUT2D eigenvalue weighted by Gasteiger charge is 2.22. The van der Waals surface area contributed by atoms with Crippen molar-refractivity contribution in [2.45, 2.75) is 24.8 Å². The van der Waals surface area contributed by atoms with Crippen molar-refractivity contribution in [2.24, 2.45) is 13.0 Å². The van der Waals surface area contributed by atoms with E-state index >= 15 is 0 Å². The van der Waals surface area contributed by atoms with Gasteiger partial charge in [-0.15, -0.1) is 0 Å². The van der Waals surface area contributed by atoms with Crippen molar-refractivity contribution in [1.29, 1.82) is 0 Å². The number of halogens is 1. The molecule has 1 saturated heterocycles. The number of aryl methyl sites for hydroxylation is 1. The molecular weight excluding hydrogens is 300 g/mol. The van der Waals surface area contributed by atoms with Crippen LogP contribution >= 0.6 is 11.6 Å². The van der Waals surface area contributed by atoms with E-state index in [0.29, 0.717) is 19.0 Å². The lowest BCUT2D eigenvalue weighted by Crippen LogP contribution is -2.40. The Hall–Kier alpha value is -0.630. The number of piperidine rings is 1. The van der Waals surface area contributed by atoms with Gasteiger partial charge in [-0.1, -0.05) is 18.5 Å². The first-order chi connectivity index (χ1) is 9.40. The minimum absolute atomic E-state index is 0.103. The number of aromatic nitrogens is 2. The Kier molecular flexibility index (Phi) is 5.06. The molecule has 0 amide bonds. The van der Waals surface area contributed by atoms with Gasteiger partial charge in [0.05, 0.1) is 6.33 Å². The SMILES string of the molecule is C[C@H]1CCCN(CCNS(=O)(=O)c2ncn(C)c2Cl)C1. The number of hydrogen-bond donors (Lipinski definition) is 1. The summed E-state index contributed by atoms with van der Waals surface area (Å²) in [5.74, 6) is 0.686. The first kappa shape index (κ1) is 15.8. The molecule has 0 radical (unpaired) electrons. The first-order valence-electron chi connectivity index (χ1n) is 6.79. The minimum atomic E-state index is -3.63. The fraction of sp³-hybridized carbons (Fsp3) is 0.750. The normalized spacial score (nSPS) is 21.2. The lowest BCUT2D eigenvalue weighted by atomic mass is 10.0. The van der Waals surface area contributed by atoms with Gasteiger partial charge in [0.2, 0.25) is 5.03 Å². The smallest absolute Gasteiger partial charge is 0.261 e. The van der Waals surface area contributed by atoms with Crippen LogP contribution < -0.4 is 4.72 Å². The van der Waals surface area contributed by atoms with E-state index < -0.39 is 10.0 Å². The highest BCUT2D eigenvalue weighted by Crippen LogP contribution is 2.18. The van der Waals surface area contributed by atoms with Gasteiger partial charge in [-0.3, -0.25) is 0 Å². The highest BCUT2D eigenvalue weighted by molar-refractivity contribution is 7.89. The number of nitrogens with zero attached hydrogens (tertiary/aromatic N) is 3. The highest BCUT2D eigenvalue weighted by atomic mass is 35.5. The lowest BCUT2D eigenvalue weighted by Gasteiger charge is -2.30. The van der Waals surface area contributed by atoms with Gasteiger partial charge in [-0.25, -0.2) is 18.1 Å². The first-order valence-corrected chi connectivity index (χ1v) is 8.65. The Morgan fingerprint density at radius 2 is 2.30 bits per heavy atom. The zero-order valence-electron chi connectivity index (χ0n) is 11.8. The largest absolute Gasteiger partial charge is 0.324 e. The van der Waals surface area contributed by atoms with Crippen LogP contribution in [0.2, 0.25) is 5.15 Å². The van der Waals surface area contributed by atoms with E-state index in [1.165, 1.54) is 23.7 Å². The molecule has 0 aliphatic carbocycles. The summed E-state index contributed by atoms with van der Waals surface area (Å²) in [6.45, 7) is 5.39. The second-order valence-electron chi connectivity index (χ2n) is 5.40. The third-order valence-corrected chi connectivity index (χ3v) is 5.50. The van der Waals surface area contributed by atoms with Crippen molar-refractivity contribution in [3.63, 3.8) is 0 Å². The molecule has 0 unspecified atom stereocenters. The molecule has 1 atom stereocenters. The topological polar surface area (TPSA) is 67.2 Å². The van der Waals surface area contributed by atoms with E-state index in [4.69, 9.17) is 11.6 Å². The van der Waals surface area contributed by atoms with Crippen LogP contribution in [0.1, 0.15) is 19.8 Å². The third-order valence-electron chi connectivity index (χ3n) is 3.55. The van der Waals surface area contributed by atoms with Crippen LogP contribution in [0.3, 0.4) is 0 Å². The number of hydrogen-bond acceptors (Lipinski definition) is 4. The molecule has 1 aromatic rings. The van der Waals surface area contributed by atoms with E-state index in [2.05, 4.69) is 21.5 Å². The summed E-state index contributed by atoms with van der Waals surface area (Å²) in [7, 11) is -1.97. The minimum Gasteiger partial charge on any atom is -0.324 e. The summed E-state index contributed by atoms with van der Waals surface area (Å²) in [6.07, 6.45) is 3.83. The Labute approximate surface area is 125 Å². The van der Waals surface area contributed by atoms with Crippen molar-refractivity contribution < 1.29 is 8.42 Å². The number of nitrogens with one attached hydrogen (secondary N) is 1. The van der Waals surface area contributed by atoms with Gasteiger partial charge >= 0.3 is 0 Å². The summed E-state index contributed by atoms with van der Waals surface area (Å²) >= 11 is 5.91. The molecule has 0 aromatic carbocycles.